The van der Waals surface area contributed by atoms with E-state index in [2.05, 4.69) is 10.3 Å². The maximum absolute atomic E-state index is 12.3. The minimum atomic E-state index is -0.189. The Morgan fingerprint density at radius 3 is 2.81 bits per heavy atom. The SMILES string of the molecule is COc1ccc(Cl)cc1NC(=O)Cc1csc(COc2ccccc2)n1. The van der Waals surface area contributed by atoms with Gasteiger partial charge in [-0.25, -0.2) is 4.98 Å². The molecule has 0 aliphatic rings. The largest absolute Gasteiger partial charge is 0.495 e. The van der Waals surface area contributed by atoms with Crippen molar-refractivity contribution in [2.24, 2.45) is 0 Å². The number of ether oxygens (including phenoxy) is 2. The van der Waals surface area contributed by atoms with E-state index >= 15 is 0 Å². The minimum absolute atomic E-state index is 0.164. The monoisotopic (exact) mass is 388 g/mol. The lowest BCUT2D eigenvalue weighted by Crippen LogP contribution is -2.15. The molecule has 0 bridgehead atoms. The fraction of sp³-hybridized carbons (Fsp3) is 0.158. The molecule has 0 unspecified atom stereocenters. The van der Waals surface area contributed by atoms with E-state index < -0.39 is 0 Å². The number of carbonyl (C=O) groups is 1. The molecule has 1 N–H and O–H groups in total. The molecule has 0 atom stereocenters. The van der Waals surface area contributed by atoms with Gasteiger partial charge in [-0.1, -0.05) is 29.8 Å². The number of hydrogen-bond donors (Lipinski definition) is 1. The minimum Gasteiger partial charge on any atom is -0.495 e. The number of amides is 1. The van der Waals surface area contributed by atoms with Crippen LogP contribution in [0, 0.1) is 0 Å². The van der Waals surface area contributed by atoms with Gasteiger partial charge in [-0.15, -0.1) is 11.3 Å². The Morgan fingerprint density at radius 2 is 2.04 bits per heavy atom. The van der Waals surface area contributed by atoms with E-state index in [1.807, 2.05) is 35.7 Å². The van der Waals surface area contributed by atoms with Gasteiger partial charge in [0, 0.05) is 10.4 Å². The van der Waals surface area contributed by atoms with Crippen LogP contribution >= 0.6 is 22.9 Å². The summed E-state index contributed by atoms with van der Waals surface area (Å²) in [6, 6.07) is 14.6. The summed E-state index contributed by atoms with van der Waals surface area (Å²) < 4.78 is 10.9. The summed E-state index contributed by atoms with van der Waals surface area (Å²) in [6.07, 6.45) is 0.164. The Labute approximate surface area is 160 Å². The van der Waals surface area contributed by atoms with Crippen molar-refractivity contribution in [1.29, 1.82) is 0 Å². The fourth-order valence-corrected chi connectivity index (χ4v) is 3.17. The van der Waals surface area contributed by atoms with Crippen LogP contribution in [0.15, 0.2) is 53.9 Å². The van der Waals surface area contributed by atoms with Crippen LogP contribution in [0.4, 0.5) is 5.69 Å². The molecular weight excluding hydrogens is 372 g/mol. The summed E-state index contributed by atoms with van der Waals surface area (Å²) >= 11 is 7.44. The van der Waals surface area contributed by atoms with Crippen molar-refractivity contribution >= 4 is 34.5 Å². The third-order valence-corrected chi connectivity index (χ3v) is 4.59. The molecule has 0 saturated carbocycles. The second-order valence-electron chi connectivity index (χ2n) is 5.40. The first-order chi connectivity index (χ1) is 12.6. The molecule has 3 aromatic rings. The number of halogens is 1. The molecule has 26 heavy (non-hydrogen) atoms. The Kier molecular flexibility index (Phi) is 6.09. The van der Waals surface area contributed by atoms with Crippen LogP contribution < -0.4 is 14.8 Å². The predicted octanol–water partition coefficient (Wildman–Crippen LogP) is 4.57. The Hall–Kier alpha value is -2.57. The Balaban J connectivity index is 1.57. The number of methoxy groups -OCH3 is 1. The molecule has 0 saturated heterocycles. The van der Waals surface area contributed by atoms with Gasteiger partial charge in [0.15, 0.2) is 0 Å². The zero-order valence-electron chi connectivity index (χ0n) is 14.1. The van der Waals surface area contributed by atoms with E-state index in [0.29, 0.717) is 28.8 Å². The zero-order valence-corrected chi connectivity index (χ0v) is 15.6. The van der Waals surface area contributed by atoms with Crippen molar-refractivity contribution < 1.29 is 14.3 Å². The van der Waals surface area contributed by atoms with E-state index in [1.165, 1.54) is 11.3 Å². The highest BCUT2D eigenvalue weighted by Gasteiger charge is 2.11. The summed E-state index contributed by atoms with van der Waals surface area (Å²) in [4.78, 5) is 16.7. The molecule has 1 aromatic heterocycles. The first kappa shape index (κ1) is 18.2. The maximum atomic E-state index is 12.3. The van der Waals surface area contributed by atoms with E-state index in [1.54, 1.807) is 25.3 Å². The van der Waals surface area contributed by atoms with Gasteiger partial charge in [0.05, 0.1) is 24.9 Å². The van der Waals surface area contributed by atoms with Crippen molar-refractivity contribution in [3.05, 3.63) is 69.6 Å². The van der Waals surface area contributed by atoms with E-state index in [-0.39, 0.29) is 12.3 Å². The van der Waals surface area contributed by atoms with Crippen LogP contribution in [-0.2, 0) is 17.8 Å². The molecule has 0 aliphatic carbocycles. The molecule has 3 rings (SSSR count). The van der Waals surface area contributed by atoms with Crippen LogP contribution in [-0.4, -0.2) is 18.0 Å². The van der Waals surface area contributed by atoms with Gasteiger partial charge in [-0.3, -0.25) is 4.79 Å². The Morgan fingerprint density at radius 1 is 1.23 bits per heavy atom. The number of carbonyl (C=O) groups excluding carboxylic acids is 1. The number of hydrogen-bond acceptors (Lipinski definition) is 5. The van der Waals surface area contributed by atoms with Gasteiger partial charge < -0.3 is 14.8 Å². The van der Waals surface area contributed by atoms with Gasteiger partial charge in [0.2, 0.25) is 5.91 Å². The van der Waals surface area contributed by atoms with E-state index in [0.717, 1.165) is 10.8 Å². The second kappa shape index (κ2) is 8.69. The third kappa shape index (κ3) is 4.97. The second-order valence-corrected chi connectivity index (χ2v) is 6.78. The van der Waals surface area contributed by atoms with Crippen molar-refractivity contribution in [2.75, 3.05) is 12.4 Å². The molecule has 1 amide bonds. The number of nitrogens with zero attached hydrogens (tertiary/aromatic N) is 1. The number of aromatic nitrogens is 1. The molecule has 2 aromatic carbocycles. The van der Waals surface area contributed by atoms with Gasteiger partial charge >= 0.3 is 0 Å². The number of benzene rings is 2. The van der Waals surface area contributed by atoms with E-state index in [4.69, 9.17) is 21.1 Å². The first-order valence-corrected chi connectivity index (χ1v) is 9.14. The molecule has 1 heterocycles. The molecule has 0 aliphatic heterocycles. The average molecular weight is 389 g/mol. The lowest BCUT2D eigenvalue weighted by atomic mass is 10.2. The average Bonchev–Trinajstić information content (AvgIpc) is 3.08. The van der Waals surface area contributed by atoms with Gasteiger partial charge in [-0.2, -0.15) is 0 Å². The fourth-order valence-electron chi connectivity index (χ4n) is 2.29. The maximum Gasteiger partial charge on any atom is 0.230 e. The van der Waals surface area contributed by atoms with Crippen molar-refractivity contribution in [3.63, 3.8) is 0 Å². The van der Waals surface area contributed by atoms with Crippen LogP contribution in [0.1, 0.15) is 10.7 Å². The number of nitrogens with one attached hydrogen (secondary N) is 1. The quantitative estimate of drug-likeness (QED) is 0.644. The summed E-state index contributed by atoms with van der Waals surface area (Å²) in [5, 5.41) is 6.00. The third-order valence-electron chi connectivity index (χ3n) is 3.48. The summed E-state index contributed by atoms with van der Waals surface area (Å²) in [5.74, 6) is 1.15. The Bertz CT molecular complexity index is 884. The molecule has 0 radical (unpaired) electrons. The predicted molar refractivity (Wildman–Crippen MR) is 103 cm³/mol. The summed E-state index contributed by atoms with van der Waals surface area (Å²) in [5.41, 5.74) is 1.23. The molecule has 134 valence electrons. The van der Waals surface area contributed by atoms with Gasteiger partial charge in [0.1, 0.15) is 23.1 Å². The van der Waals surface area contributed by atoms with Gasteiger partial charge in [-0.05, 0) is 30.3 Å². The molecule has 7 heteroatoms. The van der Waals surface area contributed by atoms with Crippen molar-refractivity contribution in [3.8, 4) is 11.5 Å². The molecule has 0 fully saturated rings. The van der Waals surface area contributed by atoms with Crippen molar-refractivity contribution in [2.45, 2.75) is 13.0 Å². The lowest BCUT2D eigenvalue weighted by Gasteiger charge is -2.10. The van der Waals surface area contributed by atoms with Crippen LogP contribution in [0.3, 0.4) is 0 Å². The normalized spacial score (nSPS) is 10.4. The highest BCUT2D eigenvalue weighted by molar-refractivity contribution is 7.09. The van der Waals surface area contributed by atoms with Crippen LogP contribution in [0.2, 0.25) is 5.02 Å². The lowest BCUT2D eigenvalue weighted by molar-refractivity contribution is -0.115. The number of anilines is 1. The number of rotatable bonds is 7. The van der Waals surface area contributed by atoms with E-state index in [9.17, 15) is 4.79 Å². The number of para-hydroxylation sites is 1. The van der Waals surface area contributed by atoms with Crippen molar-refractivity contribution in [1.82, 2.24) is 4.98 Å². The molecule has 0 spiro atoms. The topological polar surface area (TPSA) is 60.5 Å². The first-order valence-electron chi connectivity index (χ1n) is 7.88. The van der Waals surface area contributed by atoms with Gasteiger partial charge in [0.25, 0.3) is 0 Å². The summed E-state index contributed by atoms with van der Waals surface area (Å²) in [7, 11) is 1.54. The smallest absolute Gasteiger partial charge is 0.230 e. The molecular formula is C19H17ClN2O3S. The molecule has 5 nitrogen and oxygen atoms in total. The highest BCUT2D eigenvalue weighted by atomic mass is 35.5. The zero-order chi connectivity index (χ0) is 18.4. The van der Waals surface area contributed by atoms with Crippen LogP contribution in [0.5, 0.6) is 11.5 Å². The highest BCUT2D eigenvalue weighted by Crippen LogP contribution is 2.27. The summed E-state index contributed by atoms with van der Waals surface area (Å²) in [6.45, 7) is 0.373. The van der Waals surface area contributed by atoms with Crippen LogP contribution in [0.25, 0.3) is 0 Å². The number of thiazole rings is 1. The standard InChI is InChI=1S/C19H17ClN2O3S/c1-24-17-8-7-13(20)9-16(17)22-18(23)10-14-12-26-19(21-14)11-25-15-5-3-2-4-6-15/h2-9,12H,10-11H2,1H3,(H,22,23).